The van der Waals surface area contributed by atoms with E-state index in [1.807, 2.05) is 6.92 Å². The van der Waals surface area contributed by atoms with E-state index in [4.69, 9.17) is 10.3 Å². The fourth-order valence-corrected chi connectivity index (χ4v) is 1.87. The third-order valence-electron chi connectivity index (χ3n) is 1.89. The number of aromatic nitrogens is 2. The van der Waals surface area contributed by atoms with Gasteiger partial charge in [-0.25, -0.2) is 0 Å². The van der Waals surface area contributed by atoms with Crippen LogP contribution in [0.1, 0.15) is 32.0 Å². The molecule has 4 nitrogen and oxygen atoms in total. The fourth-order valence-electron chi connectivity index (χ4n) is 1.02. The highest BCUT2D eigenvalue weighted by Gasteiger charge is 2.07. The van der Waals surface area contributed by atoms with Crippen molar-refractivity contribution in [1.29, 1.82) is 0 Å². The largest absolute Gasteiger partial charge is 0.338 e. The summed E-state index contributed by atoms with van der Waals surface area (Å²) in [7, 11) is 0. The molecule has 0 fully saturated rings. The van der Waals surface area contributed by atoms with Crippen LogP contribution < -0.4 is 5.73 Å². The maximum absolute atomic E-state index is 5.46. The third-order valence-corrected chi connectivity index (χ3v) is 3.11. The van der Waals surface area contributed by atoms with Gasteiger partial charge in [0.05, 0.1) is 5.75 Å². The number of hydrogen-bond donors (Lipinski definition) is 1. The Morgan fingerprint density at radius 2 is 2.36 bits per heavy atom. The lowest BCUT2D eigenvalue weighted by Crippen LogP contribution is -2.07. The van der Waals surface area contributed by atoms with E-state index in [1.165, 1.54) is 0 Å². The molecule has 0 aliphatic rings. The van der Waals surface area contributed by atoms with Crippen molar-refractivity contribution in [3.05, 3.63) is 11.7 Å². The van der Waals surface area contributed by atoms with E-state index in [0.717, 1.165) is 36.9 Å². The molecule has 0 amide bonds. The first-order chi connectivity index (χ1) is 6.76. The van der Waals surface area contributed by atoms with Gasteiger partial charge in [-0.15, -0.1) is 11.8 Å². The summed E-state index contributed by atoms with van der Waals surface area (Å²) in [4.78, 5) is 4.23. The van der Waals surface area contributed by atoms with Crippen LogP contribution in [0.2, 0.25) is 0 Å². The van der Waals surface area contributed by atoms with Crippen LogP contribution in [0.25, 0.3) is 0 Å². The van der Waals surface area contributed by atoms with E-state index < -0.39 is 0 Å². The molecule has 1 unspecified atom stereocenters. The minimum absolute atomic E-state index is 0.553. The predicted octanol–water partition coefficient (Wildman–Crippen LogP) is 1.60. The highest BCUT2D eigenvalue weighted by atomic mass is 32.2. The van der Waals surface area contributed by atoms with Crippen molar-refractivity contribution >= 4 is 11.8 Å². The van der Waals surface area contributed by atoms with Gasteiger partial charge < -0.3 is 10.3 Å². The number of hydrogen-bond acceptors (Lipinski definition) is 5. The summed E-state index contributed by atoms with van der Waals surface area (Å²) >= 11 is 1.80. The van der Waals surface area contributed by atoms with Gasteiger partial charge in [-0.3, -0.25) is 0 Å². The Labute approximate surface area is 88.6 Å². The first-order valence-corrected chi connectivity index (χ1v) is 5.94. The van der Waals surface area contributed by atoms with Crippen molar-refractivity contribution in [2.45, 2.75) is 37.7 Å². The molecule has 0 spiro atoms. The molecule has 5 heteroatoms. The topological polar surface area (TPSA) is 64.9 Å². The summed E-state index contributed by atoms with van der Waals surface area (Å²) in [5, 5.41) is 4.39. The minimum atomic E-state index is 0.553. The van der Waals surface area contributed by atoms with Gasteiger partial charge in [0.15, 0.2) is 5.82 Å². The van der Waals surface area contributed by atoms with E-state index in [9.17, 15) is 0 Å². The lowest BCUT2D eigenvalue weighted by Gasteiger charge is -2.06. The normalized spacial score (nSPS) is 13.1. The molecule has 0 aliphatic carbocycles. The minimum Gasteiger partial charge on any atom is -0.338 e. The quantitative estimate of drug-likeness (QED) is 0.781. The number of nitrogens with zero attached hydrogens (tertiary/aromatic N) is 2. The molecular formula is C9H17N3OS. The first kappa shape index (κ1) is 11.5. The Morgan fingerprint density at radius 3 is 2.93 bits per heavy atom. The molecule has 2 N–H and O–H groups in total. The van der Waals surface area contributed by atoms with Crippen LogP contribution in [-0.4, -0.2) is 21.9 Å². The van der Waals surface area contributed by atoms with Crippen molar-refractivity contribution in [3.63, 3.8) is 0 Å². The van der Waals surface area contributed by atoms with Crippen LogP contribution in [0, 0.1) is 0 Å². The second kappa shape index (κ2) is 6.03. The monoisotopic (exact) mass is 215 g/mol. The molecular weight excluding hydrogens is 198 g/mol. The molecule has 0 saturated carbocycles. The molecule has 0 aromatic carbocycles. The van der Waals surface area contributed by atoms with E-state index in [0.29, 0.717) is 5.25 Å². The average Bonchev–Trinajstić information content (AvgIpc) is 2.63. The summed E-state index contributed by atoms with van der Waals surface area (Å²) < 4.78 is 5.07. The maximum atomic E-state index is 5.46. The van der Waals surface area contributed by atoms with Gasteiger partial charge in [-0.1, -0.05) is 19.0 Å². The second-order valence-corrected chi connectivity index (χ2v) is 4.58. The smallest absolute Gasteiger partial charge is 0.236 e. The third kappa shape index (κ3) is 3.67. The maximum Gasteiger partial charge on any atom is 0.236 e. The number of aryl methyl sites for hydroxylation is 1. The van der Waals surface area contributed by atoms with Crippen molar-refractivity contribution < 1.29 is 4.52 Å². The van der Waals surface area contributed by atoms with Crippen LogP contribution in [-0.2, 0) is 12.2 Å². The Kier molecular flexibility index (Phi) is 4.97. The highest BCUT2D eigenvalue weighted by molar-refractivity contribution is 7.99. The molecule has 1 atom stereocenters. The first-order valence-electron chi connectivity index (χ1n) is 4.89. The van der Waals surface area contributed by atoms with Crippen molar-refractivity contribution in [3.8, 4) is 0 Å². The Balaban J connectivity index is 2.30. The SMILES string of the molecule is CCc1noc(CSC(C)CCN)n1. The van der Waals surface area contributed by atoms with E-state index in [-0.39, 0.29) is 0 Å². The second-order valence-electron chi connectivity index (χ2n) is 3.16. The Hall–Kier alpha value is -0.550. The molecule has 0 aliphatic heterocycles. The van der Waals surface area contributed by atoms with Gasteiger partial charge in [0.2, 0.25) is 5.89 Å². The summed E-state index contributed by atoms with van der Waals surface area (Å²) in [6.07, 6.45) is 1.85. The van der Waals surface area contributed by atoms with Crippen LogP contribution >= 0.6 is 11.8 Å². The molecule has 0 saturated heterocycles. The van der Waals surface area contributed by atoms with Crippen LogP contribution in [0.3, 0.4) is 0 Å². The van der Waals surface area contributed by atoms with E-state index in [2.05, 4.69) is 17.1 Å². The predicted molar refractivity (Wildman–Crippen MR) is 58.1 cm³/mol. The average molecular weight is 215 g/mol. The molecule has 1 aromatic heterocycles. The molecule has 80 valence electrons. The van der Waals surface area contributed by atoms with Crippen LogP contribution in [0.5, 0.6) is 0 Å². The molecule has 14 heavy (non-hydrogen) atoms. The number of thioether (sulfide) groups is 1. The lowest BCUT2D eigenvalue weighted by molar-refractivity contribution is 0.385. The fraction of sp³-hybridized carbons (Fsp3) is 0.778. The molecule has 1 rings (SSSR count). The van der Waals surface area contributed by atoms with Crippen molar-refractivity contribution in [1.82, 2.24) is 10.1 Å². The lowest BCUT2D eigenvalue weighted by atomic mass is 10.3. The Morgan fingerprint density at radius 1 is 1.57 bits per heavy atom. The molecule has 0 radical (unpaired) electrons. The summed E-state index contributed by atoms with van der Waals surface area (Å²) in [6.45, 7) is 4.91. The molecule has 0 bridgehead atoms. The van der Waals surface area contributed by atoms with E-state index in [1.54, 1.807) is 11.8 Å². The number of nitrogens with two attached hydrogens (primary N) is 1. The summed E-state index contributed by atoms with van der Waals surface area (Å²) in [5.74, 6) is 2.29. The summed E-state index contributed by atoms with van der Waals surface area (Å²) in [5.41, 5.74) is 5.46. The van der Waals surface area contributed by atoms with Gasteiger partial charge in [0.25, 0.3) is 0 Å². The zero-order valence-corrected chi connectivity index (χ0v) is 9.51. The molecule has 1 aromatic rings. The van der Waals surface area contributed by atoms with Gasteiger partial charge in [-0.05, 0) is 13.0 Å². The van der Waals surface area contributed by atoms with Crippen LogP contribution in [0.15, 0.2) is 4.52 Å². The van der Waals surface area contributed by atoms with Gasteiger partial charge >= 0.3 is 0 Å². The van der Waals surface area contributed by atoms with Gasteiger partial charge in [0.1, 0.15) is 0 Å². The van der Waals surface area contributed by atoms with Crippen molar-refractivity contribution in [2.75, 3.05) is 6.54 Å². The van der Waals surface area contributed by atoms with Crippen LogP contribution in [0.4, 0.5) is 0 Å². The van der Waals surface area contributed by atoms with E-state index >= 15 is 0 Å². The molecule has 1 heterocycles. The highest BCUT2D eigenvalue weighted by Crippen LogP contribution is 2.18. The Bertz CT molecular complexity index is 264. The van der Waals surface area contributed by atoms with Gasteiger partial charge in [-0.2, -0.15) is 4.98 Å². The standard InChI is InChI=1S/C9H17N3OS/c1-3-8-11-9(13-12-8)6-14-7(2)4-5-10/h7H,3-6,10H2,1-2H3. The van der Waals surface area contributed by atoms with Gasteiger partial charge in [0, 0.05) is 11.7 Å². The summed E-state index contributed by atoms with van der Waals surface area (Å²) in [6, 6.07) is 0. The van der Waals surface area contributed by atoms with Crippen molar-refractivity contribution in [2.24, 2.45) is 5.73 Å². The zero-order chi connectivity index (χ0) is 10.4. The number of rotatable bonds is 6. The zero-order valence-electron chi connectivity index (χ0n) is 8.69.